The largest absolute Gasteiger partial charge is 0.483 e. The number of unbranched alkanes of at least 4 members (excludes halogenated alkanes) is 1. The molecular formula is C22H39N3O2. The molecular weight excluding hydrogens is 338 g/mol. The first-order valence-electron chi connectivity index (χ1n) is 10.2. The van der Waals surface area contributed by atoms with Gasteiger partial charge in [0.2, 0.25) is 0 Å². The molecule has 1 saturated heterocycles. The molecule has 0 aliphatic carbocycles. The standard InChI is InChI=1S/C18H29N3O2.C4H10/c1-11-13(3)18(14(4)12(2)17(11)19)23-10-16(22)21(5)15-6-8-20-9-7-15;1-3-4-2/h15,20H,6-10,19H2,1-5H3;3-4H2,1-2H3. The molecule has 0 spiro atoms. The van der Waals surface area contributed by atoms with E-state index in [9.17, 15) is 4.79 Å². The molecule has 0 aromatic heterocycles. The van der Waals surface area contributed by atoms with Crippen molar-refractivity contribution in [3.63, 3.8) is 0 Å². The van der Waals surface area contributed by atoms with E-state index in [1.807, 2.05) is 39.6 Å². The summed E-state index contributed by atoms with van der Waals surface area (Å²) in [5.41, 5.74) is 11.0. The van der Waals surface area contributed by atoms with E-state index in [1.54, 1.807) is 0 Å². The first-order valence-corrected chi connectivity index (χ1v) is 10.2. The quantitative estimate of drug-likeness (QED) is 0.764. The fraction of sp³-hybridized carbons (Fsp3) is 0.682. The minimum Gasteiger partial charge on any atom is -0.483 e. The molecule has 5 nitrogen and oxygen atoms in total. The zero-order chi connectivity index (χ0) is 20.6. The highest BCUT2D eigenvalue weighted by atomic mass is 16.5. The smallest absolute Gasteiger partial charge is 0.260 e. The summed E-state index contributed by atoms with van der Waals surface area (Å²) >= 11 is 0. The van der Waals surface area contributed by atoms with Gasteiger partial charge in [0.15, 0.2) is 6.61 Å². The summed E-state index contributed by atoms with van der Waals surface area (Å²) in [7, 11) is 1.88. The highest BCUT2D eigenvalue weighted by molar-refractivity contribution is 5.78. The lowest BCUT2D eigenvalue weighted by Gasteiger charge is -2.31. The number of benzene rings is 1. The molecule has 3 N–H and O–H groups in total. The van der Waals surface area contributed by atoms with Crippen LogP contribution in [0.15, 0.2) is 0 Å². The minimum absolute atomic E-state index is 0.0304. The molecule has 1 fully saturated rings. The second-order valence-electron chi connectivity index (χ2n) is 7.52. The highest BCUT2D eigenvalue weighted by Crippen LogP contribution is 2.34. The van der Waals surface area contributed by atoms with Gasteiger partial charge in [-0.1, -0.05) is 26.7 Å². The van der Waals surface area contributed by atoms with Crippen molar-refractivity contribution in [1.29, 1.82) is 0 Å². The third-order valence-corrected chi connectivity index (χ3v) is 5.70. The molecule has 0 bridgehead atoms. The zero-order valence-corrected chi connectivity index (χ0v) is 18.4. The van der Waals surface area contributed by atoms with Gasteiger partial charge in [0.25, 0.3) is 5.91 Å². The summed E-state index contributed by atoms with van der Waals surface area (Å²) in [5.74, 6) is 0.823. The van der Waals surface area contributed by atoms with Gasteiger partial charge in [0.1, 0.15) is 5.75 Å². The van der Waals surface area contributed by atoms with Crippen LogP contribution in [0.25, 0.3) is 0 Å². The van der Waals surface area contributed by atoms with Gasteiger partial charge in [0, 0.05) is 18.8 Å². The van der Waals surface area contributed by atoms with Gasteiger partial charge in [-0.15, -0.1) is 0 Å². The Balaban J connectivity index is 0.000000828. The van der Waals surface area contributed by atoms with Gasteiger partial charge in [-0.2, -0.15) is 0 Å². The Kier molecular flexibility index (Phi) is 9.64. The van der Waals surface area contributed by atoms with Crippen LogP contribution < -0.4 is 15.8 Å². The zero-order valence-electron chi connectivity index (χ0n) is 18.4. The molecule has 1 amide bonds. The van der Waals surface area contributed by atoms with Crippen molar-refractivity contribution in [3.8, 4) is 5.75 Å². The van der Waals surface area contributed by atoms with Crippen LogP contribution in [0.4, 0.5) is 5.69 Å². The predicted octanol–water partition coefficient (Wildman–Crippen LogP) is 3.90. The van der Waals surface area contributed by atoms with Crippen molar-refractivity contribution in [1.82, 2.24) is 10.2 Å². The third-order valence-electron chi connectivity index (χ3n) is 5.70. The van der Waals surface area contributed by atoms with Crippen molar-refractivity contribution in [2.24, 2.45) is 0 Å². The first-order chi connectivity index (χ1) is 12.8. The van der Waals surface area contributed by atoms with Crippen LogP contribution in [0, 0.1) is 27.7 Å². The number of piperidine rings is 1. The average molecular weight is 378 g/mol. The van der Waals surface area contributed by atoms with E-state index in [0.717, 1.165) is 59.6 Å². The number of anilines is 1. The van der Waals surface area contributed by atoms with Gasteiger partial charge >= 0.3 is 0 Å². The Morgan fingerprint density at radius 2 is 1.52 bits per heavy atom. The minimum atomic E-state index is 0.0304. The Bertz CT molecular complexity index is 591. The van der Waals surface area contributed by atoms with Crippen molar-refractivity contribution in [3.05, 3.63) is 22.3 Å². The Morgan fingerprint density at radius 1 is 1.04 bits per heavy atom. The molecule has 1 heterocycles. The second-order valence-corrected chi connectivity index (χ2v) is 7.52. The fourth-order valence-corrected chi connectivity index (χ4v) is 3.16. The van der Waals surface area contributed by atoms with Crippen LogP contribution in [0.2, 0.25) is 0 Å². The van der Waals surface area contributed by atoms with Crippen molar-refractivity contribution in [2.75, 3.05) is 32.5 Å². The summed E-state index contributed by atoms with van der Waals surface area (Å²) in [6.45, 7) is 14.4. The van der Waals surface area contributed by atoms with E-state index in [0.29, 0.717) is 6.04 Å². The number of nitrogens with two attached hydrogens (primary N) is 1. The molecule has 0 radical (unpaired) electrons. The normalized spacial score (nSPS) is 14.3. The summed E-state index contributed by atoms with van der Waals surface area (Å²) < 4.78 is 5.90. The molecule has 0 atom stereocenters. The Labute approximate surface area is 165 Å². The number of nitrogen functional groups attached to an aromatic ring is 1. The van der Waals surface area contributed by atoms with Gasteiger partial charge in [-0.25, -0.2) is 0 Å². The number of likely N-dealkylation sites (N-methyl/N-ethyl adjacent to an activating group) is 1. The highest BCUT2D eigenvalue weighted by Gasteiger charge is 2.23. The molecule has 2 rings (SSSR count). The number of amides is 1. The van der Waals surface area contributed by atoms with Crippen molar-refractivity contribution < 1.29 is 9.53 Å². The van der Waals surface area contributed by atoms with Crippen LogP contribution >= 0.6 is 0 Å². The van der Waals surface area contributed by atoms with Crippen LogP contribution in [-0.2, 0) is 4.79 Å². The molecule has 1 aliphatic rings. The number of rotatable bonds is 5. The fourth-order valence-electron chi connectivity index (χ4n) is 3.16. The lowest BCUT2D eigenvalue weighted by molar-refractivity contribution is -0.134. The summed E-state index contributed by atoms with van der Waals surface area (Å²) in [6, 6.07) is 0.310. The van der Waals surface area contributed by atoms with Gasteiger partial charge in [0.05, 0.1) is 0 Å². The number of hydrogen-bond acceptors (Lipinski definition) is 4. The van der Waals surface area contributed by atoms with Crippen LogP contribution in [-0.4, -0.2) is 43.6 Å². The summed E-state index contributed by atoms with van der Waals surface area (Å²) in [5, 5.41) is 3.32. The maximum absolute atomic E-state index is 12.4. The van der Waals surface area contributed by atoms with E-state index >= 15 is 0 Å². The van der Waals surface area contributed by atoms with Crippen molar-refractivity contribution in [2.45, 2.75) is 73.3 Å². The predicted molar refractivity (Wildman–Crippen MR) is 115 cm³/mol. The SMILES string of the molecule is CCCC.Cc1c(C)c(OCC(=O)N(C)C2CCNCC2)c(C)c(C)c1N. The number of ether oxygens (including phenoxy) is 1. The van der Waals surface area contributed by atoms with E-state index in [4.69, 9.17) is 10.5 Å². The molecule has 1 aliphatic heterocycles. The summed E-state index contributed by atoms with van der Waals surface area (Å²) in [6.07, 6.45) is 4.64. The summed E-state index contributed by atoms with van der Waals surface area (Å²) in [4.78, 5) is 14.3. The van der Waals surface area contributed by atoms with E-state index in [-0.39, 0.29) is 12.5 Å². The molecule has 0 unspecified atom stereocenters. The Morgan fingerprint density at radius 3 is 1.96 bits per heavy atom. The Hall–Kier alpha value is -1.75. The molecule has 0 saturated carbocycles. The molecule has 1 aromatic carbocycles. The number of carbonyl (C=O) groups excluding carboxylic acids is 1. The number of nitrogens with zero attached hydrogens (tertiary/aromatic N) is 1. The first kappa shape index (κ1) is 23.3. The monoisotopic (exact) mass is 377 g/mol. The maximum Gasteiger partial charge on any atom is 0.260 e. The maximum atomic E-state index is 12.4. The third kappa shape index (κ3) is 6.13. The number of nitrogens with one attached hydrogen (secondary N) is 1. The number of carbonyl (C=O) groups is 1. The average Bonchev–Trinajstić information content (AvgIpc) is 2.70. The topological polar surface area (TPSA) is 67.6 Å². The molecule has 1 aromatic rings. The van der Waals surface area contributed by atoms with Crippen LogP contribution in [0.3, 0.4) is 0 Å². The lowest BCUT2D eigenvalue weighted by atomic mass is 9.97. The van der Waals surface area contributed by atoms with E-state index < -0.39 is 0 Å². The molecule has 5 heteroatoms. The molecule has 27 heavy (non-hydrogen) atoms. The number of hydrogen-bond donors (Lipinski definition) is 2. The lowest BCUT2D eigenvalue weighted by Crippen LogP contribution is -2.45. The molecule has 154 valence electrons. The second kappa shape index (κ2) is 11.2. The van der Waals surface area contributed by atoms with Crippen molar-refractivity contribution >= 4 is 11.6 Å². The van der Waals surface area contributed by atoms with Gasteiger partial charge in [-0.3, -0.25) is 4.79 Å². The van der Waals surface area contributed by atoms with Gasteiger partial charge in [-0.05, 0) is 75.9 Å². The van der Waals surface area contributed by atoms with Crippen LogP contribution in [0.1, 0.15) is 61.8 Å². The van der Waals surface area contributed by atoms with Crippen LogP contribution in [0.5, 0.6) is 5.75 Å². The van der Waals surface area contributed by atoms with E-state index in [1.165, 1.54) is 12.8 Å². The van der Waals surface area contributed by atoms with E-state index in [2.05, 4.69) is 19.2 Å². The van der Waals surface area contributed by atoms with Gasteiger partial charge < -0.3 is 20.7 Å².